The highest BCUT2D eigenvalue weighted by Crippen LogP contribution is 2.07. The Bertz CT molecular complexity index is 314. The van der Waals surface area contributed by atoms with Crippen molar-refractivity contribution in [3.8, 4) is 0 Å². The lowest BCUT2D eigenvalue weighted by Crippen LogP contribution is -2.16. The van der Waals surface area contributed by atoms with Crippen molar-refractivity contribution < 1.29 is 13.5 Å². The Balaban J connectivity index is 3.12. The second-order valence-corrected chi connectivity index (χ2v) is 4.15. The fourth-order valence-electron chi connectivity index (χ4n) is 0.564. The highest BCUT2D eigenvalue weighted by Gasteiger charge is 2.24. The first-order valence-corrected chi connectivity index (χ1v) is 4.49. The van der Waals surface area contributed by atoms with Gasteiger partial charge in [0.2, 0.25) is 15.0 Å². The summed E-state index contributed by atoms with van der Waals surface area (Å²) in [6, 6.07) is 0. The first kappa shape index (κ1) is 8.22. The van der Waals surface area contributed by atoms with Crippen LogP contribution in [-0.2, 0) is 14.9 Å². The number of H-pyrrole nitrogens is 1. The molecule has 1 rings (SSSR count). The molecule has 0 saturated heterocycles. The first-order valence-electron chi connectivity index (χ1n) is 2.94. The number of rotatable bonds is 2. The van der Waals surface area contributed by atoms with Crippen LogP contribution in [0.3, 0.4) is 0 Å². The molecule has 1 unspecified atom stereocenters. The Morgan fingerprint density at radius 2 is 2.27 bits per heavy atom. The molecule has 5 nitrogen and oxygen atoms in total. The van der Waals surface area contributed by atoms with Crippen LogP contribution in [0.25, 0.3) is 0 Å². The van der Waals surface area contributed by atoms with Gasteiger partial charge in [-0.15, -0.1) is 0 Å². The van der Waals surface area contributed by atoms with E-state index in [1.807, 2.05) is 0 Å². The number of hydrogen-bond acceptors (Lipinski definition) is 3. The number of aromatic amines is 1. The van der Waals surface area contributed by atoms with E-state index in [0.29, 0.717) is 0 Å². The van der Waals surface area contributed by atoms with E-state index in [2.05, 4.69) is 9.97 Å². The molecule has 0 fully saturated rings. The minimum atomic E-state index is -3.76. The SMILES string of the molecule is CC([O])S(=O)(=O)c1ncc[nH]1. The number of aromatic nitrogens is 2. The summed E-state index contributed by atoms with van der Waals surface area (Å²) >= 11 is 0. The maximum absolute atomic E-state index is 11.0. The van der Waals surface area contributed by atoms with Gasteiger partial charge in [-0.3, -0.25) is 0 Å². The largest absolute Gasteiger partial charge is 0.335 e. The molecular formula is C5H7N2O3S. The molecule has 0 amide bonds. The molecule has 0 spiro atoms. The second kappa shape index (κ2) is 2.63. The Morgan fingerprint density at radius 3 is 2.64 bits per heavy atom. The molecule has 1 aromatic rings. The normalized spacial score (nSPS) is 14.7. The minimum absolute atomic E-state index is 0.264. The molecule has 0 aliphatic rings. The third-order valence-electron chi connectivity index (χ3n) is 1.18. The van der Waals surface area contributed by atoms with Gasteiger partial charge in [-0.2, -0.15) is 0 Å². The molecule has 6 heteroatoms. The molecule has 11 heavy (non-hydrogen) atoms. The van der Waals surface area contributed by atoms with Crippen LogP contribution in [0.1, 0.15) is 6.92 Å². The quantitative estimate of drug-likeness (QED) is 0.684. The minimum Gasteiger partial charge on any atom is -0.335 e. The van der Waals surface area contributed by atoms with Crippen molar-refractivity contribution in [2.75, 3.05) is 0 Å². The summed E-state index contributed by atoms with van der Waals surface area (Å²) in [5, 5.41) is 10.3. The molecule has 0 saturated carbocycles. The van der Waals surface area contributed by atoms with Crippen LogP contribution in [0.4, 0.5) is 0 Å². The second-order valence-electron chi connectivity index (χ2n) is 2.01. The Morgan fingerprint density at radius 1 is 1.64 bits per heavy atom. The van der Waals surface area contributed by atoms with Crippen LogP contribution < -0.4 is 0 Å². The zero-order valence-corrected chi connectivity index (χ0v) is 6.63. The molecule has 1 radical (unpaired) electrons. The maximum atomic E-state index is 11.0. The fraction of sp³-hybridized carbons (Fsp3) is 0.400. The topological polar surface area (TPSA) is 82.7 Å². The molecule has 61 valence electrons. The number of imidazole rings is 1. The molecule has 0 aliphatic carbocycles. The summed E-state index contributed by atoms with van der Waals surface area (Å²) in [4.78, 5) is 5.83. The van der Waals surface area contributed by atoms with Crippen LogP contribution in [0.5, 0.6) is 0 Å². The van der Waals surface area contributed by atoms with Gasteiger partial charge in [0.15, 0.2) is 5.44 Å². The third kappa shape index (κ3) is 1.41. The zero-order chi connectivity index (χ0) is 8.48. The molecule has 0 bridgehead atoms. The van der Waals surface area contributed by atoms with Crippen LogP contribution in [0, 0.1) is 0 Å². The summed E-state index contributed by atoms with van der Waals surface area (Å²) in [5.74, 6) is 0. The summed E-state index contributed by atoms with van der Waals surface area (Å²) in [7, 11) is -3.76. The van der Waals surface area contributed by atoms with Crippen molar-refractivity contribution in [3.63, 3.8) is 0 Å². The lowest BCUT2D eigenvalue weighted by molar-refractivity contribution is 0.169. The van der Waals surface area contributed by atoms with E-state index in [0.717, 1.165) is 6.92 Å². The molecule has 0 aliphatic heterocycles. The summed E-state index contributed by atoms with van der Waals surface area (Å²) < 4.78 is 22.0. The summed E-state index contributed by atoms with van der Waals surface area (Å²) in [6.07, 6.45) is 2.64. The van der Waals surface area contributed by atoms with Gasteiger partial charge in [-0.1, -0.05) is 0 Å². The average Bonchev–Trinajstić information content (AvgIpc) is 2.37. The molecule has 0 aromatic carbocycles. The van der Waals surface area contributed by atoms with Gasteiger partial charge in [0.05, 0.1) is 0 Å². The number of sulfone groups is 1. The lowest BCUT2D eigenvalue weighted by Gasteiger charge is -1.99. The van der Waals surface area contributed by atoms with E-state index in [4.69, 9.17) is 0 Å². The average molecular weight is 175 g/mol. The molecular weight excluding hydrogens is 168 g/mol. The van der Waals surface area contributed by atoms with Crippen molar-refractivity contribution in [2.45, 2.75) is 17.5 Å². The third-order valence-corrected chi connectivity index (χ3v) is 2.82. The number of nitrogens with zero attached hydrogens (tertiary/aromatic N) is 1. The standard InChI is InChI=1S/C5H7N2O3S/c1-4(8)11(9,10)5-6-2-3-7-5/h2-4H,1H3,(H,6,7). The molecule has 1 heterocycles. The highest BCUT2D eigenvalue weighted by atomic mass is 32.2. The lowest BCUT2D eigenvalue weighted by atomic mass is 10.9. The van der Waals surface area contributed by atoms with Crippen LogP contribution >= 0.6 is 0 Å². The van der Waals surface area contributed by atoms with E-state index >= 15 is 0 Å². The van der Waals surface area contributed by atoms with Gasteiger partial charge in [-0.25, -0.2) is 18.5 Å². The molecule has 1 N–H and O–H groups in total. The van der Waals surface area contributed by atoms with Crippen molar-refractivity contribution in [1.29, 1.82) is 0 Å². The highest BCUT2D eigenvalue weighted by molar-refractivity contribution is 7.91. The Hall–Kier alpha value is -0.880. The predicted octanol–water partition coefficient (Wildman–Crippen LogP) is -0.0401. The summed E-state index contributed by atoms with van der Waals surface area (Å²) in [5.41, 5.74) is -1.67. The van der Waals surface area contributed by atoms with E-state index in [1.165, 1.54) is 12.4 Å². The smallest absolute Gasteiger partial charge is 0.241 e. The van der Waals surface area contributed by atoms with Crippen LogP contribution in [-0.4, -0.2) is 23.8 Å². The van der Waals surface area contributed by atoms with Gasteiger partial charge in [0, 0.05) is 12.4 Å². The van der Waals surface area contributed by atoms with Crippen molar-refractivity contribution >= 4 is 9.84 Å². The Kier molecular flexibility index (Phi) is 1.97. The van der Waals surface area contributed by atoms with E-state index in [1.54, 1.807) is 0 Å². The van der Waals surface area contributed by atoms with E-state index in [-0.39, 0.29) is 5.16 Å². The van der Waals surface area contributed by atoms with Crippen molar-refractivity contribution in [1.82, 2.24) is 9.97 Å². The van der Waals surface area contributed by atoms with Gasteiger partial charge >= 0.3 is 0 Å². The number of hydrogen-bond donors (Lipinski definition) is 1. The van der Waals surface area contributed by atoms with Gasteiger partial charge < -0.3 is 4.98 Å². The predicted molar refractivity (Wildman–Crippen MR) is 35.9 cm³/mol. The zero-order valence-electron chi connectivity index (χ0n) is 5.81. The van der Waals surface area contributed by atoms with Crippen molar-refractivity contribution in [3.05, 3.63) is 12.4 Å². The molecule has 1 atom stereocenters. The van der Waals surface area contributed by atoms with Crippen LogP contribution in [0.2, 0.25) is 0 Å². The first-order chi connectivity index (χ1) is 5.05. The van der Waals surface area contributed by atoms with Gasteiger partial charge in [0.25, 0.3) is 0 Å². The number of nitrogens with one attached hydrogen (secondary N) is 1. The van der Waals surface area contributed by atoms with E-state index in [9.17, 15) is 13.5 Å². The maximum Gasteiger partial charge on any atom is 0.241 e. The monoisotopic (exact) mass is 175 g/mol. The Labute approximate surface area is 64.0 Å². The van der Waals surface area contributed by atoms with Gasteiger partial charge in [-0.05, 0) is 6.92 Å². The van der Waals surface area contributed by atoms with Crippen LogP contribution in [0.15, 0.2) is 17.6 Å². The summed E-state index contributed by atoms with van der Waals surface area (Å²) in [6.45, 7) is 1.07. The van der Waals surface area contributed by atoms with Gasteiger partial charge in [0.1, 0.15) is 0 Å². The molecule has 1 aromatic heterocycles. The fourth-order valence-corrected chi connectivity index (χ4v) is 1.32. The van der Waals surface area contributed by atoms with E-state index < -0.39 is 15.3 Å². The van der Waals surface area contributed by atoms with Crippen molar-refractivity contribution in [2.24, 2.45) is 0 Å².